The van der Waals surface area contributed by atoms with Gasteiger partial charge in [-0.05, 0) is 50.1 Å². The van der Waals surface area contributed by atoms with Gasteiger partial charge in [0.05, 0.1) is 25.6 Å². The summed E-state index contributed by atoms with van der Waals surface area (Å²) in [6.07, 6.45) is 0. The molecule has 0 bridgehead atoms. The zero-order valence-corrected chi connectivity index (χ0v) is 18.4. The number of aryl methyl sites for hydroxylation is 1. The Morgan fingerprint density at radius 1 is 1.00 bits per heavy atom. The Bertz CT molecular complexity index is 1020. The molecule has 3 rings (SSSR count). The lowest BCUT2D eigenvalue weighted by Gasteiger charge is -2.17. The second kappa shape index (κ2) is 9.03. The molecule has 0 unspecified atom stereocenters. The summed E-state index contributed by atoms with van der Waals surface area (Å²) in [4.78, 5) is 13.1. The van der Waals surface area contributed by atoms with Crippen molar-refractivity contribution < 1.29 is 14.3 Å². The Labute approximate surface area is 177 Å². The zero-order valence-electron chi connectivity index (χ0n) is 18.4. The number of hydrogen-bond acceptors (Lipinski definition) is 4. The maximum Gasteiger partial charge on any atom is 0.270 e. The van der Waals surface area contributed by atoms with E-state index < -0.39 is 0 Å². The molecule has 0 aliphatic rings. The lowest BCUT2D eigenvalue weighted by molar-refractivity contribution is 0.0922. The van der Waals surface area contributed by atoms with E-state index in [1.807, 2.05) is 50.2 Å². The number of ether oxygens (including phenoxy) is 2. The van der Waals surface area contributed by atoms with Crippen molar-refractivity contribution in [1.29, 1.82) is 0 Å². The Balaban J connectivity index is 2.10. The van der Waals surface area contributed by atoms with Crippen LogP contribution in [0.25, 0.3) is 16.9 Å². The molecule has 0 aliphatic carbocycles. The number of carbonyl (C=O) groups is 1. The van der Waals surface area contributed by atoms with Crippen LogP contribution in [0.2, 0.25) is 0 Å². The summed E-state index contributed by atoms with van der Waals surface area (Å²) in [6.45, 7) is 8.19. The molecule has 3 aromatic rings. The Morgan fingerprint density at radius 3 is 2.30 bits per heavy atom. The Hall–Kier alpha value is -3.28. The Morgan fingerprint density at radius 2 is 1.70 bits per heavy atom. The number of nitrogens with one attached hydrogen (secondary N) is 1. The van der Waals surface area contributed by atoms with Crippen LogP contribution in [0, 0.1) is 12.8 Å². The summed E-state index contributed by atoms with van der Waals surface area (Å²) < 4.78 is 12.5. The first-order chi connectivity index (χ1) is 14.3. The van der Waals surface area contributed by atoms with Gasteiger partial charge in [0, 0.05) is 17.7 Å². The summed E-state index contributed by atoms with van der Waals surface area (Å²) in [5.74, 6) is 1.48. The van der Waals surface area contributed by atoms with E-state index in [9.17, 15) is 4.79 Å². The van der Waals surface area contributed by atoms with Gasteiger partial charge in [-0.15, -0.1) is 0 Å². The second-order valence-electron chi connectivity index (χ2n) is 7.73. The van der Waals surface area contributed by atoms with Crippen molar-refractivity contribution in [2.75, 3.05) is 14.2 Å². The number of rotatable bonds is 7. The molecule has 2 aromatic carbocycles. The third kappa shape index (κ3) is 4.48. The number of carbonyl (C=O) groups excluding carboxylic acids is 1. The van der Waals surface area contributed by atoms with Crippen molar-refractivity contribution in [3.05, 3.63) is 59.8 Å². The molecule has 0 saturated heterocycles. The van der Waals surface area contributed by atoms with Crippen molar-refractivity contribution in [2.45, 2.75) is 33.7 Å². The highest BCUT2D eigenvalue weighted by Crippen LogP contribution is 2.33. The number of aromatic nitrogens is 2. The van der Waals surface area contributed by atoms with Gasteiger partial charge in [-0.25, -0.2) is 4.68 Å². The van der Waals surface area contributed by atoms with Crippen molar-refractivity contribution in [1.82, 2.24) is 15.1 Å². The standard InChI is InChI=1S/C24H29N3O3/c1-15(2)17(4)25-24(28)22-14-21(20-12-11-19(29-5)13-23(20)30-6)26-27(22)18-9-7-16(3)8-10-18/h7-15,17H,1-6H3,(H,25,28)/t17-/m1/s1. The number of hydrogen-bond donors (Lipinski definition) is 1. The van der Waals surface area contributed by atoms with Crippen LogP contribution in [-0.4, -0.2) is 35.9 Å². The molecule has 158 valence electrons. The van der Waals surface area contributed by atoms with Crippen molar-refractivity contribution in [2.24, 2.45) is 5.92 Å². The summed E-state index contributed by atoms with van der Waals surface area (Å²) in [5.41, 5.74) is 3.87. The second-order valence-corrected chi connectivity index (χ2v) is 7.73. The summed E-state index contributed by atoms with van der Waals surface area (Å²) in [6, 6.07) is 15.3. The molecule has 1 N–H and O–H groups in total. The molecule has 6 heteroatoms. The molecule has 30 heavy (non-hydrogen) atoms. The highest BCUT2D eigenvalue weighted by atomic mass is 16.5. The van der Waals surface area contributed by atoms with Crippen LogP contribution in [0.3, 0.4) is 0 Å². The first-order valence-corrected chi connectivity index (χ1v) is 10.0. The van der Waals surface area contributed by atoms with Gasteiger partial charge >= 0.3 is 0 Å². The van der Waals surface area contributed by atoms with Crippen LogP contribution < -0.4 is 14.8 Å². The van der Waals surface area contributed by atoms with E-state index in [-0.39, 0.29) is 11.9 Å². The topological polar surface area (TPSA) is 65.4 Å². The van der Waals surface area contributed by atoms with E-state index in [4.69, 9.17) is 14.6 Å². The predicted octanol–water partition coefficient (Wildman–Crippen LogP) is 4.64. The molecule has 1 amide bonds. The molecule has 0 fully saturated rings. The molecule has 0 aliphatic heterocycles. The first kappa shape index (κ1) is 21.4. The van der Waals surface area contributed by atoms with Crippen LogP contribution >= 0.6 is 0 Å². The SMILES string of the molecule is COc1ccc(-c2cc(C(=O)N[C@H](C)C(C)C)n(-c3ccc(C)cc3)n2)c(OC)c1. The molecule has 1 atom stereocenters. The van der Waals surface area contributed by atoms with Crippen molar-refractivity contribution >= 4 is 5.91 Å². The number of amides is 1. The van der Waals surface area contributed by atoms with Crippen molar-refractivity contribution in [3.8, 4) is 28.4 Å². The summed E-state index contributed by atoms with van der Waals surface area (Å²) in [5, 5.41) is 7.83. The Kier molecular flexibility index (Phi) is 6.45. The highest BCUT2D eigenvalue weighted by Gasteiger charge is 2.21. The zero-order chi connectivity index (χ0) is 21.8. The fourth-order valence-electron chi connectivity index (χ4n) is 3.01. The van der Waals surface area contributed by atoms with Crippen molar-refractivity contribution in [3.63, 3.8) is 0 Å². The number of methoxy groups -OCH3 is 2. The minimum atomic E-state index is -0.164. The summed E-state index contributed by atoms with van der Waals surface area (Å²) >= 11 is 0. The number of benzene rings is 2. The van der Waals surface area contributed by atoms with E-state index in [1.54, 1.807) is 31.0 Å². The average Bonchev–Trinajstić information content (AvgIpc) is 3.19. The average molecular weight is 408 g/mol. The first-order valence-electron chi connectivity index (χ1n) is 10.0. The minimum Gasteiger partial charge on any atom is -0.497 e. The predicted molar refractivity (Wildman–Crippen MR) is 119 cm³/mol. The monoisotopic (exact) mass is 407 g/mol. The molecule has 0 saturated carbocycles. The van der Waals surface area contributed by atoms with E-state index in [0.717, 1.165) is 16.8 Å². The molecule has 1 heterocycles. The lowest BCUT2D eigenvalue weighted by Crippen LogP contribution is -2.37. The maximum atomic E-state index is 13.1. The minimum absolute atomic E-state index is 0.0397. The molecule has 0 radical (unpaired) electrons. The highest BCUT2D eigenvalue weighted by molar-refractivity contribution is 5.94. The van der Waals surface area contributed by atoms with Gasteiger partial charge < -0.3 is 14.8 Å². The third-order valence-corrected chi connectivity index (χ3v) is 5.26. The van der Waals surface area contributed by atoms with E-state index in [2.05, 4.69) is 19.2 Å². The molecule has 1 aromatic heterocycles. The molecule has 6 nitrogen and oxygen atoms in total. The van der Waals surface area contributed by atoms with Gasteiger partial charge in [0.1, 0.15) is 17.2 Å². The van der Waals surface area contributed by atoms with Gasteiger partial charge in [-0.1, -0.05) is 31.5 Å². The van der Waals surface area contributed by atoms with E-state index in [1.165, 1.54) is 0 Å². The normalized spacial score (nSPS) is 12.0. The molecule has 0 spiro atoms. The fourth-order valence-corrected chi connectivity index (χ4v) is 3.01. The largest absolute Gasteiger partial charge is 0.497 e. The van der Waals surface area contributed by atoms with E-state index >= 15 is 0 Å². The van der Waals surface area contributed by atoms with E-state index in [0.29, 0.717) is 28.8 Å². The number of nitrogens with zero attached hydrogens (tertiary/aromatic N) is 2. The van der Waals surface area contributed by atoms with Crippen LogP contribution in [0.1, 0.15) is 36.8 Å². The van der Waals surface area contributed by atoms with Gasteiger partial charge in [-0.2, -0.15) is 5.10 Å². The van der Waals surface area contributed by atoms with Crippen LogP contribution in [0.5, 0.6) is 11.5 Å². The molecular weight excluding hydrogens is 378 g/mol. The van der Waals surface area contributed by atoms with Crippen LogP contribution in [-0.2, 0) is 0 Å². The fraction of sp³-hybridized carbons (Fsp3) is 0.333. The molecular formula is C24H29N3O3. The van der Waals surface area contributed by atoms with Gasteiger partial charge in [-0.3, -0.25) is 4.79 Å². The third-order valence-electron chi connectivity index (χ3n) is 5.26. The smallest absolute Gasteiger partial charge is 0.270 e. The maximum absolute atomic E-state index is 13.1. The lowest BCUT2D eigenvalue weighted by atomic mass is 10.1. The van der Waals surface area contributed by atoms with Gasteiger partial charge in [0.2, 0.25) is 0 Å². The quantitative estimate of drug-likeness (QED) is 0.620. The van der Waals surface area contributed by atoms with Crippen LogP contribution in [0.4, 0.5) is 0 Å². The van der Waals surface area contributed by atoms with Gasteiger partial charge in [0.15, 0.2) is 0 Å². The van der Waals surface area contributed by atoms with Crippen LogP contribution in [0.15, 0.2) is 48.5 Å². The summed E-state index contributed by atoms with van der Waals surface area (Å²) in [7, 11) is 3.21. The van der Waals surface area contributed by atoms with Gasteiger partial charge in [0.25, 0.3) is 5.91 Å².